The van der Waals surface area contributed by atoms with E-state index < -0.39 is 6.10 Å². The van der Waals surface area contributed by atoms with Crippen LogP contribution in [-0.4, -0.2) is 33.7 Å². The maximum absolute atomic E-state index is 12.8. The summed E-state index contributed by atoms with van der Waals surface area (Å²) < 4.78 is 7.65. The molecule has 6 heteroatoms. The van der Waals surface area contributed by atoms with E-state index in [1.54, 1.807) is 43.1 Å². The summed E-state index contributed by atoms with van der Waals surface area (Å²) >= 11 is 0. The molecule has 3 aromatic rings. The lowest BCUT2D eigenvalue weighted by atomic mass is 10.1. The monoisotopic (exact) mass is 388 g/mol. The maximum Gasteiger partial charge on any atom is 0.263 e. The van der Waals surface area contributed by atoms with Crippen LogP contribution < -0.4 is 4.74 Å². The number of carbonyl (C=O) groups excluding carboxylic acids is 1. The number of benzene rings is 2. The molecule has 0 aliphatic rings. The van der Waals surface area contributed by atoms with E-state index in [0.717, 1.165) is 22.6 Å². The normalized spacial score (nSPS) is 11.6. The van der Waals surface area contributed by atoms with E-state index in [1.165, 1.54) is 0 Å². The summed E-state index contributed by atoms with van der Waals surface area (Å²) in [5, 5.41) is 13.5. The van der Waals surface area contributed by atoms with Crippen LogP contribution in [0.3, 0.4) is 0 Å². The molecule has 0 aliphatic carbocycles. The molecule has 0 radical (unpaired) electrons. The first kappa shape index (κ1) is 20.2. The Morgan fingerprint density at radius 1 is 1.17 bits per heavy atom. The Hall–Kier alpha value is -3.59. The van der Waals surface area contributed by atoms with Crippen molar-refractivity contribution in [2.75, 3.05) is 7.05 Å². The van der Waals surface area contributed by atoms with Crippen molar-refractivity contribution in [3.63, 3.8) is 0 Å². The number of likely N-dealkylation sites (N-methyl/N-ethyl adjacent to an activating group) is 1. The Balaban J connectivity index is 1.70. The first-order valence-corrected chi connectivity index (χ1v) is 9.43. The smallest absolute Gasteiger partial charge is 0.263 e. The molecule has 0 bridgehead atoms. The molecule has 29 heavy (non-hydrogen) atoms. The summed E-state index contributed by atoms with van der Waals surface area (Å²) in [6.07, 6.45) is -0.641. The molecule has 0 saturated heterocycles. The molecule has 1 amide bonds. The van der Waals surface area contributed by atoms with Crippen LogP contribution in [0.25, 0.3) is 5.69 Å². The number of nitrogens with zero attached hydrogens (tertiary/aromatic N) is 4. The summed E-state index contributed by atoms with van der Waals surface area (Å²) in [4.78, 5) is 14.4. The third-order valence-corrected chi connectivity index (χ3v) is 4.86. The minimum Gasteiger partial charge on any atom is -0.481 e. The molecule has 148 valence electrons. The number of nitriles is 1. The molecule has 0 N–H and O–H groups in total. The highest BCUT2D eigenvalue weighted by Crippen LogP contribution is 2.20. The van der Waals surface area contributed by atoms with Crippen molar-refractivity contribution in [1.29, 1.82) is 5.26 Å². The van der Waals surface area contributed by atoms with Crippen molar-refractivity contribution >= 4 is 5.91 Å². The largest absolute Gasteiger partial charge is 0.481 e. The van der Waals surface area contributed by atoms with Gasteiger partial charge in [-0.1, -0.05) is 18.2 Å². The van der Waals surface area contributed by atoms with Crippen LogP contribution in [0.1, 0.15) is 29.4 Å². The van der Waals surface area contributed by atoms with Crippen molar-refractivity contribution in [3.05, 3.63) is 77.1 Å². The van der Waals surface area contributed by atoms with E-state index in [0.29, 0.717) is 17.9 Å². The van der Waals surface area contributed by atoms with Crippen molar-refractivity contribution in [2.24, 2.45) is 0 Å². The Labute approximate surface area is 170 Å². The van der Waals surface area contributed by atoms with Gasteiger partial charge in [0.1, 0.15) is 5.75 Å². The van der Waals surface area contributed by atoms with Gasteiger partial charge < -0.3 is 9.64 Å². The number of ether oxygens (including phenoxy) is 1. The van der Waals surface area contributed by atoms with Gasteiger partial charge in [0.2, 0.25) is 0 Å². The molecular weight excluding hydrogens is 364 g/mol. The fraction of sp³-hybridized carbons (Fsp3) is 0.261. The van der Waals surface area contributed by atoms with Crippen molar-refractivity contribution < 1.29 is 9.53 Å². The van der Waals surface area contributed by atoms with Crippen LogP contribution in [0.2, 0.25) is 0 Å². The zero-order chi connectivity index (χ0) is 21.0. The molecule has 0 fully saturated rings. The lowest BCUT2D eigenvalue weighted by molar-refractivity contribution is -0.137. The van der Waals surface area contributed by atoms with Crippen molar-refractivity contribution in [3.8, 4) is 17.5 Å². The van der Waals surface area contributed by atoms with Crippen LogP contribution in [0, 0.1) is 25.2 Å². The van der Waals surface area contributed by atoms with Gasteiger partial charge in [0, 0.05) is 24.8 Å². The average Bonchev–Trinajstić information content (AvgIpc) is 3.02. The van der Waals surface area contributed by atoms with Gasteiger partial charge in [-0.25, -0.2) is 4.68 Å². The third kappa shape index (κ3) is 4.46. The molecule has 0 aliphatic heterocycles. The maximum atomic E-state index is 12.8. The van der Waals surface area contributed by atoms with E-state index in [4.69, 9.17) is 10.00 Å². The number of hydrogen-bond donors (Lipinski definition) is 0. The van der Waals surface area contributed by atoms with E-state index >= 15 is 0 Å². The van der Waals surface area contributed by atoms with Crippen LogP contribution in [0.4, 0.5) is 0 Å². The molecule has 3 rings (SSSR count). The van der Waals surface area contributed by atoms with Gasteiger partial charge in [-0.15, -0.1) is 0 Å². The molecule has 6 nitrogen and oxygen atoms in total. The number of carbonyl (C=O) groups is 1. The van der Waals surface area contributed by atoms with Gasteiger partial charge >= 0.3 is 0 Å². The van der Waals surface area contributed by atoms with E-state index in [-0.39, 0.29) is 5.91 Å². The third-order valence-electron chi connectivity index (χ3n) is 4.86. The molecule has 0 spiro atoms. The molecule has 0 saturated carbocycles. The Morgan fingerprint density at radius 2 is 1.83 bits per heavy atom. The van der Waals surface area contributed by atoms with Crippen LogP contribution in [0.5, 0.6) is 5.75 Å². The second kappa shape index (κ2) is 8.61. The van der Waals surface area contributed by atoms with Crippen molar-refractivity contribution in [2.45, 2.75) is 33.4 Å². The lowest BCUT2D eigenvalue weighted by Crippen LogP contribution is -2.37. The zero-order valence-electron chi connectivity index (χ0n) is 17.1. The van der Waals surface area contributed by atoms with Crippen LogP contribution in [0.15, 0.2) is 54.6 Å². The molecule has 1 atom stereocenters. The highest BCUT2D eigenvalue weighted by atomic mass is 16.5. The molecular formula is C23H24N4O2. The standard InChI is InChI=1S/C23H24N4O2/c1-16-22(17(2)27(25-16)20-8-6-5-7-9-20)15-26(4)23(28)18(3)29-21-12-10-19(14-24)11-13-21/h5-13,18H,15H2,1-4H3/t18-/m0/s1. The summed E-state index contributed by atoms with van der Waals surface area (Å²) in [6, 6.07) is 18.7. The number of aromatic nitrogens is 2. The highest BCUT2D eigenvalue weighted by Gasteiger charge is 2.22. The van der Waals surface area contributed by atoms with Gasteiger partial charge in [-0.05, 0) is 57.2 Å². The first-order chi connectivity index (χ1) is 13.9. The summed E-state index contributed by atoms with van der Waals surface area (Å²) in [6.45, 7) is 6.14. The number of hydrogen-bond acceptors (Lipinski definition) is 4. The van der Waals surface area contributed by atoms with Crippen LogP contribution >= 0.6 is 0 Å². The fourth-order valence-electron chi connectivity index (χ4n) is 3.21. The van der Waals surface area contributed by atoms with Crippen molar-refractivity contribution in [1.82, 2.24) is 14.7 Å². The van der Waals surface area contributed by atoms with E-state index in [2.05, 4.69) is 11.2 Å². The zero-order valence-corrected chi connectivity index (χ0v) is 17.1. The highest BCUT2D eigenvalue weighted by molar-refractivity contribution is 5.80. The predicted octanol–water partition coefficient (Wildman–Crippen LogP) is 3.79. The quantitative estimate of drug-likeness (QED) is 0.644. The number of aryl methyl sites for hydroxylation is 1. The SMILES string of the molecule is Cc1nn(-c2ccccc2)c(C)c1CN(C)C(=O)[C@H](C)Oc1ccc(C#N)cc1. The van der Waals surface area contributed by atoms with E-state index in [9.17, 15) is 4.79 Å². The Bertz CT molecular complexity index is 1030. The minimum atomic E-state index is -0.641. The summed E-state index contributed by atoms with van der Waals surface area (Å²) in [5.41, 5.74) is 4.47. The number of para-hydroxylation sites is 1. The summed E-state index contributed by atoms with van der Waals surface area (Å²) in [7, 11) is 1.76. The van der Waals surface area contributed by atoms with Crippen LogP contribution in [-0.2, 0) is 11.3 Å². The predicted molar refractivity (Wildman–Crippen MR) is 111 cm³/mol. The molecule has 0 unspecified atom stereocenters. The Morgan fingerprint density at radius 3 is 2.45 bits per heavy atom. The van der Waals surface area contributed by atoms with E-state index in [1.807, 2.05) is 48.9 Å². The van der Waals surface area contributed by atoms with Gasteiger partial charge in [-0.2, -0.15) is 10.4 Å². The number of rotatable bonds is 6. The fourth-order valence-corrected chi connectivity index (χ4v) is 3.21. The minimum absolute atomic E-state index is 0.124. The first-order valence-electron chi connectivity index (χ1n) is 9.43. The molecule has 1 aromatic heterocycles. The van der Waals surface area contributed by atoms with Gasteiger partial charge in [0.15, 0.2) is 6.10 Å². The number of amides is 1. The molecule has 2 aromatic carbocycles. The van der Waals surface area contributed by atoms with Gasteiger partial charge in [-0.3, -0.25) is 4.79 Å². The topological polar surface area (TPSA) is 71.2 Å². The van der Waals surface area contributed by atoms with Gasteiger partial charge in [0.05, 0.1) is 23.0 Å². The van der Waals surface area contributed by atoms with Gasteiger partial charge in [0.25, 0.3) is 5.91 Å². The average molecular weight is 388 g/mol. The second-order valence-electron chi connectivity index (χ2n) is 6.99. The summed E-state index contributed by atoms with van der Waals surface area (Å²) in [5.74, 6) is 0.433. The molecule has 1 heterocycles. The Kier molecular flexibility index (Phi) is 5.99. The second-order valence-corrected chi connectivity index (χ2v) is 6.99. The lowest BCUT2D eigenvalue weighted by Gasteiger charge is -2.22.